The lowest BCUT2D eigenvalue weighted by Crippen LogP contribution is -1.99. The molecule has 0 spiro atoms. The number of benzene rings is 3. The number of nitrogens with two attached hydrogens (primary N) is 1. The van der Waals surface area contributed by atoms with Gasteiger partial charge in [0.2, 0.25) is 0 Å². The van der Waals surface area contributed by atoms with Crippen LogP contribution < -0.4 is 10.5 Å². The van der Waals surface area contributed by atoms with Crippen LogP contribution in [0, 0.1) is 0 Å². The molecule has 1 saturated heterocycles. The summed E-state index contributed by atoms with van der Waals surface area (Å²) in [4.78, 5) is 4.74. The quantitative estimate of drug-likeness (QED) is 0.281. The topological polar surface area (TPSA) is 95.3 Å². The molecule has 5 aromatic rings. The molecule has 2 aromatic heterocycles. The van der Waals surface area contributed by atoms with Gasteiger partial charge in [0, 0.05) is 16.7 Å². The fourth-order valence-electron chi connectivity index (χ4n) is 4.26. The van der Waals surface area contributed by atoms with Crippen molar-refractivity contribution < 1.29 is 14.2 Å². The maximum atomic E-state index is 6.77. The number of para-hydroxylation sites is 1. The van der Waals surface area contributed by atoms with Crippen LogP contribution >= 0.6 is 11.6 Å². The van der Waals surface area contributed by atoms with Crippen molar-refractivity contribution in [1.29, 1.82) is 0 Å². The molecule has 7 nitrogen and oxygen atoms in total. The zero-order valence-electron chi connectivity index (χ0n) is 18.6. The molecule has 0 saturated carbocycles. The number of rotatable bonds is 5. The number of hydrogen-bond donors (Lipinski definition) is 2. The first kappa shape index (κ1) is 21.6. The monoisotopic (exact) mass is 484 g/mol. The van der Waals surface area contributed by atoms with Gasteiger partial charge in [0.15, 0.2) is 12.1 Å². The van der Waals surface area contributed by atoms with Crippen molar-refractivity contribution in [3.8, 4) is 33.9 Å². The summed E-state index contributed by atoms with van der Waals surface area (Å²) in [5.41, 5.74) is 11.0. The number of H-pyrrole nitrogens is 1. The van der Waals surface area contributed by atoms with Crippen LogP contribution in [0.25, 0.3) is 33.3 Å². The van der Waals surface area contributed by atoms with Gasteiger partial charge in [0.1, 0.15) is 16.7 Å². The van der Waals surface area contributed by atoms with Crippen molar-refractivity contribution in [2.45, 2.75) is 6.29 Å². The second-order valence-electron chi connectivity index (χ2n) is 8.12. The second kappa shape index (κ2) is 9.03. The number of pyridine rings is 1. The molecule has 174 valence electrons. The molecule has 0 atom stereocenters. The minimum atomic E-state index is -0.389. The van der Waals surface area contributed by atoms with E-state index < -0.39 is 0 Å². The Labute approximate surface area is 206 Å². The van der Waals surface area contributed by atoms with Gasteiger partial charge >= 0.3 is 0 Å². The minimum absolute atomic E-state index is 0.339. The third-order valence-electron chi connectivity index (χ3n) is 5.87. The van der Waals surface area contributed by atoms with Crippen LogP contribution in [0.3, 0.4) is 0 Å². The Morgan fingerprint density at radius 1 is 0.886 bits per heavy atom. The molecule has 3 N–H and O–H groups in total. The van der Waals surface area contributed by atoms with E-state index in [1.807, 2.05) is 78.9 Å². The van der Waals surface area contributed by atoms with Gasteiger partial charge in [-0.25, -0.2) is 4.98 Å². The molecule has 3 heterocycles. The van der Waals surface area contributed by atoms with Crippen molar-refractivity contribution in [1.82, 2.24) is 15.2 Å². The van der Waals surface area contributed by atoms with E-state index in [0.717, 1.165) is 28.0 Å². The first-order chi connectivity index (χ1) is 17.2. The lowest BCUT2D eigenvalue weighted by atomic mass is 9.99. The van der Waals surface area contributed by atoms with Crippen LogP contribution in [0.15, 0.2) is 78.9 Å². The Balaban J connectivity index is 1.40. The van der Waals surface area contributed by atoms with E-state index in [1.54, 1.807) is 0 Å². The predicted octanol–water partition coefficient (Wildman–Crippen LogP) is 6.37. The molecule has 1 aliphatic heterocycles. The largest absolute Gasteiger partial charge is 0.457 e. The minimum Gasteiger partial charge on any atom is -0.457 e. The SMILES string of the molecule is Nc1n[nH]c2c(-c3cccc(C4OCCO4)c3)c(Cl)nc(-c3ccc(Oc4ccccc4)cc3)c12. The van der Waals surface area contributed by atoms with Gasteiger partial charge in [-0.3, -0.25) is 5.10 Å². The van der Waals surface area contributed by atoms with E-state index in [4.69, 9.17) is 36.5 Å². The summed E-state index contributed by atoms with van der Waals surface area (Å²) in [6.45, 7) is 1.14. The Hall–Kier alpha value is -3.91. The first-order valence-electron chi connectivity index (χ1n) is 11.2. The Kier molecular flexibility index (Phi) is 5.58. The van der Waals surface area contributed by atoms with Crippen molar-refractivity contribution in [2.24, 2.45) is 0 Å². The van der Waals surface area contributed by atoms with Crippen LogP contribution in [-0.4, -0.2) is 28.4 Å². The fourth-order valence-corrected chi connectivity index (χ4v) is 4.55. The smallest absolute Gasteiger partial charge is 0.184 e. The summed E-state index contributed by atoms with van der Waals surface area (Å²) < 4.78 is 17.2. The standard InChI is InChI=1S/C27H21ClN4O3/c28-25-21(17-5-4-6-18(15-17)27-33-13-14-34-27)24-22(26(29)32-31-24)23(30-25)16-9-11-20(12-10-16)35-19-7-2-1-3-8-19/h1-12,15,27H,13-14H2,(H3,29,31,32). The van der Waals surface area contributed by atoms with Crippen LogP contribution in [-0.2, 0) is 9.47 Å². The number of hydrogen-bond acceptors (Lipinski definition) is 6. The highest BCUT2D eigenvalue weighted by atomic mass is 35.5. The molecule has 0 bridgehead atoms. The molecular formula is C27H21ClN4O3. The summed E-state index contributed by atoms with van der Waals surface area (Å²) in [6.07, 6.45) is -0.389. The van der Waals surface area contributed by atoms with Crippen LogP contribution in [0.5, 0.6) is 11.5 Å². The van der Waals surface area contributed by atoms with Gasteiger partial charge in [-0.15, -0.1) is 0 Å². The second-order valence-corrected chi connectivity index (χ2v) is 8.48. The van der Waals surface area contributed by atoms with E-state index in [2.05, 4.69) is 10.2 Å². The van der Waals surface area contributed by atoms with E-state index >= 15 is 0 Å². The number of nitrogen functional groups attached to an aromatic ring is 1. The third kappa shape index (κ3) is 4.10. The van der Waals surface area contributed by atoms with Crippen molar-refractivity contribution in [3.05, 3.63) is 89.6 Å². The van der Waals surface area contributed by atoms with Gasteiger partial charge in [-0.1, -0.05) is 48.0 Å². The molecule has 0 radical (unpaired) electrons. The van der Waals surface area contributed by atoms with Gasteiger partial charge in [-0.05, 0) is 48.0 Å². The summed E-state index contributed by atoms with van der Waals surface area (Å²) in [6, 6.07) is 25.1. The van der Waals surface area contributed by atoms with E-state index in [-0.39, 0.29) is 6.29 Å². The Morgan fingerprint density at radius 2 is 1.63 bits per heavy atom. The van der Waals surface area contributed by atoms with Gasteiger partial charge in [0.05, 0.1) is 29.8 Å². The number of anilines is 1. The van der Waals surface area contributed by atoms with Crippen LogP contribution in [0.2, 0.25) is 5.15 Å². The van der Waals surface area contributed by atoms with Gasteiger partial charge in [-0.2, -0.15) is 5.10 Å². The summed E-state index contributed by atoms with van der Waals surface area (Å²) in [7, 11) is 0. The molecule has 3 aromatic carbocycles. The number of halogens is 1. The van der Waals surface area contributed by atoms with Crippen LogP contribution in [0.4, 0.5) is 5.82 Å². The van der Waals surface area contributed by atoms with Gasteiger partial charge < -0.3 is 19.9 Å². The maximum absolute atomic E-state index is 6.77. The van der Waals surface area contributed by atoms with E-state index in [9.17, 15) is 0 Å². The molecule has 1 fully saturated rings. The van der Waals surface area contributed by atoms with E-state index in [1.165, 1.54) is 0 Å². The highest BCUT2D eigenvalue weighted by molar-refractivity contribution is 6.34. The lowest BCUT2D eigenvalue weighted by Gasteiger charge is -2.14. The molecule has 0 aliphatic carbocycles. The average molecular weight is 485 g/mol. The molecule has 0 unspecified atom stereocenters. The number of aromatic amines is 1. The van der Waals surface area contributed by atoms with Crippen molar-refractivity contribution >= 4 is 28.3 Å². The van der Waals surface area contributed by atoms with Gasteiger partial charge in [0.25, 0.3) is 0 Å². The Morgan fingerprint density at radius 3 is 2.40 bits per heavy atom. The highest BCUT2D eigenvalue weighted by Crippen LogP contribution is 2.41. The van der Waals surface area contributed by atoms with E-state index in [0.29, 0.717) is 46.5 Å². The molecule has 8 heteroatoms. The van der Waals surface area contributed by atoms with Crippen molar-refractivity contribution in [3.63, 3.8) is 0 Å². The highest BCUT2D eigenvalue weighted by Gasteiger charge is 2.22. The Bertz CT molecular complexity index is 1500. The fraction of sp³-hybridized carbons (Fsp3) is 0.111. The molecular weight excluding hydrogens is 464 g/mol. The maximum Gasteiger partial charge on any atom is 0.184 e. The number of nitrogens with zero attached hydrogens (tertiary/aromatic N) is 2. The zero-order chi connectivity index (χ0) is 23.8. The summed E-state index contributed by atoms with van der Waals surface area (Å²) >= 11 is 6.77. The summed E-state index contributed by atoms with van der Waals surface area (Å²) in [5.74, 6) is 1.83. The molecule has 35 heavy (non-hydrogen) atoms. The molecule has 0 amide bonds. The zero-order valence-corrected chi connectivity index (χ0v) is 19.3. The normalized spacial score (nSPS) is 14.0. The molecule has 6 rings (SSSR count). The number of nitrogens with one attached hydrogen (secondary N) is 1. The number of fused-ring (bicyclic) bond motifs is 1. The first-order valence-corrected chi connectivity index (χ1v) is 11.5. The summed E-state index contributed by atoms with van der Waals surface area (Å²) in [5, 5.41) is 8.36. The average Bonchev–Trinajstić information content (AvgIpc) is 3.56. The van der Waals surface area contributed by atoms with Crippen LogP contribution in [0.1, 0.15) is 11.9 Å². The number of ether oxygens (including phenoxy) is 3. The number of aromatic nitrogens is 3. The van der Waals surface area contributed by atoms with Crippen molar-refractivity contribution in [2.75, 3.05) is 18.9 Å². The lowest BCUT2D eigenvalue weighted by molar-refractivity contribution is -0.0440. The third-order valence-corrected chi connectivity index (χ3v) is 6.15. The molecule has 1 aliphatic rings. The predicted molar refractivity (Wildman–Crippen MR) is 135 cm³/mol.